The number of aromatic hydroxyl groups is 1. The molecule has 0 amide bonds. The minimum Gasteiger partial charge on any atom is -0.507 e. The van der Waals surface area contributed by atoms with Crippen molar-refractivity contribution in [1.82, 2.24) is 9.97 Å². The molecule has 4 aromatic heterocycles. The summed E-state index contributed by atoms with van der Waals surface area (Å²) < 4.78 is 26.5. The summed E-state index contributed by atoms with van der Waals surface area (Å²) in [4.78, 5) is 34.1. The van der Waals surface area contributed by atoms with Gasteiger partial charge in [-0.3, -0.25) is 9.97 Å². The summed E-state index contributed by atoms with van der Waals surface area (Å²) in [5.41, 5.74) is 9.89. The summed E-state index contributed by atoms with van der Waals surface area (Å²) in [6.07, 6.45) is 8.08. The molecule has 0 radical (unpaired) electrons. The molecule has 0 saturated carbocycles. The van der Waals surface area contributed by atoms with Crippen molar-refractivity contribution >= 4 is 45.8 Å². The van der Waals surface area contributed by atoms with Gasteiger partial charge in [-0.1, -0.05) is 49.2 Å². The van der Waals surface area contributed by atoms with Crippen LogP contribution in [0.2, 0.25) is 0 Å². The molecule has 0 bridgehead atoms. The first-order valence-electron chi connectivity index (χ1n) is 18.6. The zero-order chi connectivity index (χ0) is 43.6. The van der Waals surface area contributed by atoms with Crippen LogP contribution in [0.3, 0.4) is 0 Å². The quantitative estimate of drug-likeness (QED) is 0.121. The van der Waals surface area contributed by atoms with Crippen LogP contribution in [0.25, 0.3) is 44.9 Å². The van der Waals surface area contributed by atoms with Gasteiger partial charge in [-0.25, -0.2) is 9.59 Å². The lowest BCUT2D eigenvalue weighted by molar-refractivity contribution is 0.313. The van der Waals surface area contributed by atoms with Crippen molar-refractivity contribution < 1.29 is 28.2 Å². The van der Waals surface area contributed by atoms with Gasteiger partial charge in [-0.15, -0.1) is 0 Å². The molecule has 0 atom stereocenters. The maximum atomic E-state index is 13.2. The Balaban J connectivity index is 0.000000236. The Hall–Kier alpha value is -5.69. The van der Waals surface area contributed by atoms with Crippen molar-refractivity contribution in [3.05, 3.63) is 139 Å². The molecule has 0 aliphatic heterocycles. The van der Waals surface area contributed by atoms with Gasteiger partial charge in [0.05, 0.1) is 14.2 Å². The minimum atomic E-state index is -0.538. The Labute approximate surface area is 359 Å². The normalized spacial score (nSPS) is 10.4. The number of aromatic nitrogens is 2. The van der Waals surface area contributed by atoms with Crippen LogP contribution in [-0.2, 0) is 22.3 Å². The second-order valence-electron chi connectivity index (χ2n) is 13.5. The highest BCUT2D eigenvalue weighted by molar-refractivity contribution is 7.82. The molecule has 59 heavy (non-hydrogen) atoms. The summed E-state index contributed by atoms with van der Waals surface area (Å²) in [5.74, 6) is 1.05. The van der Waals surface area contributed by atoms with Gasteiger partial charge < -0.3 is 28.2 Å². The van der Waals surface area contributed by atoms with Crippen molar-refractivity contribution in [2.45, 2.75) is 68.2 Å². The predicted molar refractivity (Wildman–Crippen MR) is 242 cm³/mol. The van der Waals surface area contributed by atoms with Crippen LogP contribution < -0.4 is 16.0 Å². The summed E-state index contributed by atoms with van der Waals surface area (Å²) in [5, 5.41) is 10.7. The average molecular weight is 855 g/mol. The zero-order valence-corrected chi connectivity index (χ0v) is 37.1. The Bertz CT molecular complexity index is 2590. The van der Waals surface area contributed by atoms with Gasteiger partial charge in [0.1, 0.15) is 28.4 Å². The third-order valence-corrected chi connectivity index (χ3v) is 9.95. The largest absolute Gasteiger partial charge is 0.507 e. The monoisotopic (exact) mass is 854 g/mol. The Morgan fingerprint density at radius 1 is 0.695 bits per heavy atom. The topological polar surface area (TPSA) is 134 Å². The maximum absolute atomic E-state index is 13.2. The third kappa shape index (κ3) is 10.9. The van der Waals surface area contributed by atoms with E-state index in [-0.39, 0.29) is 21.1 Å². The molecule has 1 N–H and O–H groups in total. The lowest BCUT2D eigenvalue weighted by Crippen LogP contribution is -2.15. The van der Waals surface area contributed by atoms with Crippen LogP contribution in [0.1, 0.15) is 58.4 Å². The van der Waals surface area contributed by atoms with E-state index in [1.54, 1.807) is 49.9 Å². The Kier molecular flexibility index (Phi) is 16.2. The van der Waals surface area contributed by atoms with Gasteiger partial charge in [0, 0.05) is 59.3 Å². The molecule has 2 aromatic carbocycles. The molecule has 0 aliphatic rings. The van der Waals surface area contributed by atoms with Crippen LogP contribution in [0.15, 0.2) is 91.7 Å². The third-order valence-electron chi connectivity index (χ3n) is 9.38. The van der Waals surface area contributed by atoms with Crippen molar-refractivity contribution in [3.8, 4) is 56.4 Å². The van der Waals surface area contributed by atoms with Crippen LogP contribution in [0.4, 0.5) is 0 Å². The van der Waals surface area contributed by atoms with Gasteiger partial charge in [0.2, 0.25) is 0 Å². The van der Waals surface area contributed by atoms with E-state index in [1.807, 2.05) is 65.8 Å². The van der Waals surface area contributed by atoms with Gasteiger partial charge in [-0.2, -0.15) is 0 Å². The number of ether oxygens (including phenoxy) is 3. The van der Waals surface area contributed by atoms with E-state index in [4.69, 9.17) is 42.1 Å². The lowest BCUT2D eigenvalue weighted by atomic mass is 9.91. The number of hydrogen-bond donors (Lipinski definition) is 1. The lowest BCUT2D eigenvalue weighted by Gasteiger charge is -2.18. The number of methoxy groups -OCH3 is 2. The summed E-state index contributed by atoms with van der Waals surface area (Å²) in [7, 11) is 2.86. The fraction of sp³-hybridized carbons (Fsp3) is 0.261. The number of rotatable bonds is 7. The van der Waals surface area contributed by atoms with E-state index in [2.05, 4.69) is 39.9 Å². The SMILES string of the molecule is CCc1cc(C)cc(C)c1-c1c(O)c(C)c(-c2cccnc2)oc1=O.CCc1cc(C)cc(C)c1-c1c(OC(=S)OC)c(C)c(-c2cccnc2)oc1=O.COC(=S)Cl. The van der Waals surface area contributed by atoms with Crippen LogP contribution >= 0.6 is 36.0 Å². The maximum Gasteiger partial charge on any atom is 0.357 e. The van der Waals surface area contributed by atoms with Crippen LogP contribution in [-0.4, -0.2) is 39.0 Å². The van der Waals surface area contributed by atoms with Gasteiger partial charge in [0.15, 0.2) is 5.75 Å². The van der Waals surface area contributed by atoms with E-state index < -0.39 is 11.3 Å². The molecule has 13 heteroatoms. The second kappa shape index (κ2) is 20.8. The summed E-state index contributed by atoms with van der Waals surface area (Å²) in [6.45, 7) is 15.6. The van der Waals surface area contributed by atoms with E-state index in [1.165, 1.54) is 14.2 Å². The number of benzene rings is 2. The van der Waals surface area contributed by atoms with Crippen molar-refractivity contribution in [1.29, 1.82) is 0 Å². The number of thiocarbonyl (C=S) groups is 2. The van der Waals surface area contributed by atoms with Gasteiger partial charge in [0.25, 0.3) is 4.51 Å². The minimum absolute atomic E-state index is 0.0308. The van der Waals surface area contributed by atoms with Crippen molar-refractivity contribution in [2.75, 3.05) is 14.2 Å². The highest BCUT2D eigenvalue weighted by Gasteiger charge is 2.26. The number of hydrogen-bond acceptors (Lipinski definition) is 12. The van der Waals surface area contributed by atoms with Crippen LogP contribution in [0.5, 0.6) is 11.5 Å². The van der Waals surface area contributed by atoms with Crippen LogP contribution in [0, 0.1) is 41.5 Å². The van der Waals surface area contributed by atoms with Gasteiger partial charge in [-0.05, 0) is 136 Å². The molecule has 0 saturated heterocycles. The molecule has 0 unspecified atom stereocenters. The highest BCUT2D eigenvalue weighted by atomic mass is 35.5. The molecule has 0 aliphatic carbocycles. The van der Waals surface area contributed by atoms with E-state index >= 15 is 0 Å². The Morgan fingerprint density at radius 2 is 1.14 bits per heavy atom. The molecule has 4 heterocycles. The summed E-state index contributed by atoms with van der Waals surface area (Å²) in [6, 6.07) is 15.3. The molecular weight excluding hydrogens is 808 g/mol. The van der Waals surface area contributed by atoms with E-state index in [0.717, 1.165) is 57.3 Å². The first kappa shape index (κ1) is 46.0. The first-order chi connectivity index (χ1) is 28.1. The molecule has 6 rings (SSSR count). The zero-order valence-electron chi connectivity index (χ0n) is 34.7. The number of pyridine rings is 2. The van der Waals surface area contributed by atoms with Crippen molar-refractivity contribution in [3.63, 3.8) is 0 Å². The fourth-order valence-electron chi connectivity index (χ4n) is 6.83. The number of nitrogens with zero attached hydrogens (tertiary/aromatic N) is 2. The van der Waals surface area contributed by atoms with Crippen molar-refractivity contribution in [2.24, 2.45) is 0 Å². The average Bonchev–Trinajstić information content (AvgIpc) is 3.22. The van der Waals surface area contributed by atoms with Gasteiger partial charge >= 0.3 is 16.5 Å². The number of aryl methyl sites for hydroxylation is 6. The standard InChI is InChI=1S/C23H23NO4S.C21H21NO3.C2H3ClOS/c1-6-16-11-13(2)10-14(3)18(16)19-21(28-23(29)26-5)15(4)20(27-22(19)25)17-8-7-9-24-12-17;1-5-15-10-12(2)9-13(3)17(15)18-19(23)14(4)20(25-21(18)24)16-7-6-8-22-11-16;1-4-2(3)5/h7-12H,6H2,1-5H3;6-11,23H,5H2,1-4H3;1H3. The molecule has 308 valence electrons. The second-order valence-corrected chi connectivity index (χ2v) is 14.8. The fourth-order valence-corrected chi connectivity index (χ4v) is 6.92. The molecule has 0 spiro atoms. The first-order valence-corrected chi connectivity index (χ1v) is 19.8. The predicted octanol–water partition coefficient (Wildman–Crippen LogP) is 10.9. The Morgan fingerprint density at radius 3 is 1.54 bits per heavy atom. The smallest absolute Gasteiger partial charge is 0.357 e. The molecule has 6 aromatic rings. The molecule has 10 nitrogen and oxygen atoms in total. The van der Waals surface area contributed by atoms with E-state index in [0.29, 0.717) is 45.1 Å². The highest BCUT2D eigenvalue weighted by Crippen LogP contribution is 2.40. The van der Waals surface area contributed by atoms with E-state index in [9.17, 15) is 14.7 Å². The molecule has 0 fully saturated rings. The molecular formula is C46H47ClN2O8S2. The number of halogens is 1. The summed E-state index contributed by atoms with van der Waals surface area (Å²) >= 11 is 14.3.